The summed E-state index contributed by atoms with van der Waals surface area (Å²) in [7, 11) is 0. The molecule has 0 aromatic rings. The van der Waals surface area contributed by atoms with E-state index in [4.69, 9.17) is 10.8 Å². The van der Waals surface area contributed by atoms with E-state index in [1.165, 1.54) is 0 Å². The predicted octanol–water partition coefficient (Wildman–Crippen LogP) is 0.457. The van der Waals surface area contributed by atoms with Crippen LogP contribution in [0.1, 0.15) is 33.1 Å². The number of hydrogen-bond acceptors (Lipinski definition) is 3. The van der Waals surface area contributed by atoms with Gasteiger partial charge < -0.3 is 15.7 Å². The number of aliphatic carboxylic acids is 1. The fourth-order valence-corrected chi connectivity index (χ4v) is 2.36. The van der Waals surface area contributed by atoms with Crippen LogP contribution in [0.15, 0.2) is 0 Å². The van der Waals surface area contributed by atoms with Gasteiger partial charge in [0, 0.05) is 25.4 Å². The molecular weight excluding hydrogens is 248 g/mol. The maximum atomic E-state index is 12.1. The van der Waals surface area contributed by atoms with Gasteiger partial charge >= 0.3 is 5.97 Å². The van der Waals surface area contributed by atoms with Crippen LogP contribution in [0.3, 0.4) is 0 Å². The summed E-state index contributed by atoms with van der Waals surface area (Å²) in [4.78, 5) is 35.6. The van der Waals surface area contributed by atoms with Gasteiger partial charge in [-0.25, -0.2) is 0 Å². The molecule has 19 heavy (non-hydrogen) atoms. The lowest BCUT2D eigenvalue weighted by atomic mass is 9.90. The van der Waals surface area contributed by atoms with Gasteiger partial charge in [0.2, 0.25) is 11.8 Å². The van der Waals surface area contributed by atoms with Gasteiger partial charge in [0.05, 0.1) is 5.92 Å². The minimum absolute atomic E-state index is 0.118. The molecule has 1 fully saturated rings. The quantitative estimate of drug-likeness (QED) is 0.757. The van der Waals surface area contributed by atoms with Gasteiger partial charge in [-0.2, -0.15) is 0 Å². The van der Waals surface area contributed by atoms with E-state index in [0.29, 0.717) is 19.5 Å². The maximum absolute atomic E-state index is 12.1. The van der Waals surface area contributed by atoms with Crippen molar-refractivity contribution in [3.63, 3.8) is 0 Å². The van der Waals surface area contributed by atoms with Crippen molar-refractivity contribution >= 4 is 17.8 Å². The zero-order valence-electron chi connectivity index (χ0n) is 11.5. The standard InChI is InChI=1S/C13H22N2O4/c1-8(9(2)13(18)19)12(17)15-5-3-10(4-6-15)7-11(14)16/h8-10H,3-7H2,1-2H3,(H2,14,16)(H,18,19). The van der Waals surface area contributed by atoms with E-state index in [0.717, 1.165) is 12.8 Å². The molecule has 1 heterocycles. The van der Waals surface area contributed by atoms with Gasteiger partial charge in [-0.3, -0.25) is 14.4 Å². The summed E-state index contributed by atoms with van der Waals surface area (Å²) < 4.78 is 0. The molecule has 1 aliphatic heterocycles. The Labute approximate surface area is 112 Å². The van der Waals surface area contributed by atoms with Crippen molar-refractivity contribution in [2.45, 2.75) is 33.1 Å². The fraction of sp³-hybridized carbons (Fsp3) is 0.769. The molecule has 0 radical (unpaired) electrons. The number of nitrogens with zero attached hydrogens (tertiary/aromatic N) is 1. The third-order valence-corrected chi connectivity index (χ3v) is 3.95. The number of piperidine rings is 1. The summed E-state index contributed by atoms with van der Waals surface area (Å²) in [5, 5.41) is 8.92. The summed E-state index contributed by atoms with van der Waals surface area (Å²) in [6.45, 7) is 4.35. The van der Waals surface area contributed by atoms with Crippen molar-refractivity contribution in [1.29, 1.82) is 0 Å². The Morgan fingerprint density at radius 2 is 1.74 bits per heavy atom. The lowest BCUT2D eigenvalue weighted by Crippen LogP contribution is -2.44. The van der Waals surface area contributed by atoms with E-state index in [1.54, 1.807) is 18.7 Å². The molecule has 1 aliphatic rings. The van der Waals surface area contributed by atoms with Gasteiger partial charge in [0.15, 0.2) is 0 Å². The van der Waals surface area contributed by atoms with Crippen LogP contribution in [-0.4, -0.2) is 40.9 Å². The highest BCUT2D eigenvalue weighted by molar-refractivity contribution is 5.84. The van der Waals surface area contributed by atoms with E-state index in [1.807, 2.05) is 0 Å². The number of likely N-dealkylation sites (tertiary alicyclic amines) is 1. The van der Waals surface area contributed by atoms with E-state index in [-0.39, 0.29) is 17.7 Å². The van der Waals surface area contributed by atoms with Gasteiger partial charge in [0.25, 0.3) is 0 Å². The smallest absolute Gasteiger partial charge is 0.307 e. The summed E-state index contributed by atoms with van der Waals surface area (Å²) in [5.74, 6) is -2.34. The number of nitrogens with two attached hydrogens (primary N) is 1. The monoisotopic (exact) mass is 270 g/mol. The molecule has 2 atom stereocenters. The minimum atomic E-state index is -0.954. The van der Waals surface area contributed by atoms with Crippen LogP contribution in [0.25, 0.3) is 0 Å². The van der Waals surface area contributed by atoms with Crippen molar-refractivity contribution < 1.29 is 19.5 Å². The average Bonchev–Trinajstić information content (AvgIpc) is 2.36. The van der Waals surface area contributed by atoms with Crippen LogP contribution >= 0.6 is 0 Å². The molecule has 108 valence electrons. The Morgan fingerprint density at radius 1 is 1.21 bits per heavy atom. The predicted molar refractivity (Wildman–Crippen MR) is 69.1 cm³/mol. The first-order valence-corrected chi connectivity index (χ1v) is 6.62. The number of rotatable bonds is 5. The number of hydrogen-bond donors (Lipinski definition) is 2. The van der Waals surface area contributed by atoms with Crippen molar-refractivity contribution in [1.82, 2.24) is 4.90 Å². The van der Waals surface area contributed by atoms with Gasteiger partial charge in [-0.05, 0) is 18.8 Å². The molecule has 0 aromatic heterocycles. The summed E-state index contributed by atoms with van der Waals surface area (Å²) in [5.41, 5.74) is 5.15. The molecule has 6 nitrogen and oxygen atoms in total. The molecule has 0 aliphatic carbocycles. The Morgan fingerprint density at radius 3 is 2.16 bits per heavy atom. The summed E-state index contributed by atoms with van der Waals surface area (Å²) in [6.07, 6.45) is 1.87. The maximum Gasteiger partial charge on any atom is 0.307 e. The Kier molecular flexibility index (Phi) is 5.32. The molecule has 2 amide bonds. The van der Waals surface area contributed by atoms with Crippen LogP contribution in [0.5, 0.6) is 0 Å². The molecule has 0 bridgehead atoms. The Hall–Kier alpha value is -1.59. The van der Waals surface area contributed by atoms with Crippen LogP contribution in [0, 0.1) is 17.8 Å². The zero-order chi connectivity index (χ0) is 14.6. The second kappa shape index (κ2) is 6.54. The highest BCUT2D eigenvalue weighted by Gasteiger charge is 2.31. The normalized spacial score (nSPS) is 19.8. The SMILES string of the molecule is CC(C(=O)O)C(C)C(=O)N1CCC(CC(N)=O)CC1. The van der Waals surface area contributed by atoms with E-state index >= 15 is 0 Å². The first-order chi connectivity index (χ1) is 8.82. The lowest BCUT2D eigenvalue weighted by Gasteiger charge is -2.34. The second-order valence-corrected chi connectivity index (χ2v) is 5.35. The Bertz CT molecular complexity index is 362. The van der Waals surface area contributed by atoms with E-state index in [9.17, 15) is 14.4 Å². The number of carbonyl (C=O) groups excluding carboxylic acids is 2. The highest BCUT2D eigenvalue weighted by atomic mass is 16.4. The van der Waals surface area contributed by atoms with Crippen molar-refractivity contribution in [3.8, 4) is 0 Å². The number of carbonyl (C=O) groups is 3. The average molecular weight is 270 g/mol. The summed E-state index contributed by atoms with van der Waals surface area (Å²) >= 11 is 0. The molecule has 0 spiro atoms. The highest BCUT2D eigenvalue weighted by Crippen LogP contribution is 2.23. The van der Waals surface area contributed by atoms with Crippen molar-refractivity contribution in [3.05, 3.63) is 0 Å². The van der Waals surface area contributed by atoms with E-state index < -0.39 is 17.8 Å². The molecule has 6 heteroatoms. The second-order valence-electron chi connectivity index (χ2n) is 5.35. The van der Waals surface area contributed by atoms with Gasteiger partial charge in [0.1, 0.15) is 0 Å². The van der Waals surface area contributed by atoms with Crippen molar-refractivity contribution in [2.75, 3.05) is 13.1 Å². The van der Waals surface area contributed by atoms with Crippen LogP contribution in [-0.2, 0) is 14.4 Å². The molecular formula is C13H22N2O4. The van der Waals surface area contributed by atoms with E-state index in [2.05, 4.69) is 0 Å². The van der Waals surface area contributed by atoms with Crippen LogP contribution < -0.4 is 5.73 Å². The molecule has 3 N–H and O–H groups in total. The van der Waals surface area contributed by atoms with Crippen LogP contribution in [0.4, 0.5) is 0 Å². The molecule has 1 saturated heterocycles. The number of primary amides is 1. The number of amides is 2. The minimum Gasteiger partial charge on any atom is -0.481 e. The third-order valence-electron chi connectivity index (χ3n) is 3.95. The zero-order valence-corrected chi connectivity index (χ0v) is 11.5. The molecule has 0 saturated carbocycles. The van der Waals surface area contributed by atoms with Crippen LogP contribution in [0.2, 0.25) is 0 Å². The molecule has 0 aromatic carbocycles. The Balaban J connectivity index is 2.48. The van der Waals surface area contributed by atoms with Crippen molar-refractivity contribution in [2.24, 2.45) is 23.5 Å². The summed E-state index contributed by atoms with van der Waals surface area (Å²) in [6, 6.07) is 0. The topological polar surface area (TPSA) is 101 Å². The molecule has 2 unspecified atom stereocenters. The lowest BCUT2D eigenvalue weighted by molar-refractivity contribution is -0.149. The van der Waals surface area contributed by atoms with Gasteiger partial charge in [-0.1, -0.05) is 13.8 Å². The number of carboxylic acids is 1. The third kappa shape index (κ3) is 4.22. The first kappa shape index (κ1) is 15.5. The fourth-order valence-electron chi connectivity index (χ4n) is 2.36. The molecule has 1 rings (SSSR count). The largest absolute Gasteiger partial charge is 0.481 e. The number of carboxylic acid groups (broad SMARTS) is 1. The first-order valence-electron chi connectivity index (χ1n) is 6.62. The van der Waals surface area contributed by atoms with Gasteiger partial charge in [-0.15, -0.1) is 0 Å².